The lowest BCUT2D eigenvalue weighted by Gasteiger charge is -2.15. The van der Waals surface area contributed by atoms with Crippen LogP contribution < -0.4 is 10.0 Å². The fraction of sp³-hybridized carbons (Fsp3) is 0.571. The minimum Gasteiger partial charge on any atom is -0.313 e. The second-order valence-corrected chi connectivity index (χ2v) is 6.54. The molecule has 0 bridgehead atoms. The van der Waals surface area contributed by atoms with Crippen molar-refractivity contribution in [2.24, 2.45) is 0 Å². The highest BCUT2D eigenvalue weighted by atomic mass is 32.2. The van der Waals surface area contributed by atoms with Gasteiger partial charge in [-0.05, 0) is 44.0 Å². The first-order valence-electron chi connectivity index (χ1n) is 6.92. The average Bonchev–Trinajstić information content (AvgIpc) is 2.40. The molecule has 0 aliphatic carbocycles. The van der Waals surface area contributed by atoms with Gasteiger partial charge in [0.2, 0.25) is 10.0 Å². The van der Waals surface area contributed by atoms with Crippen molar-refractivity contribution in [3.05, 3.63) is 29.6 Å². The molecule has 20 heavy (non-hydrogen) atoms. The lowest BCUT2D eigenvalue weighted by atomic mass is 10.2. The molecule has 0 amide bonds. The van der Waals surface area contributed by atoms with Crippen LogP contribution in [0.1, 0.15) is 39.2 Å². The summed E-state index contributed by atoms with van der Waals surface area (Å²) < 4.78 is 40.5. The van der Waals surface area contributed by atoms with Crippen LogP contribution in [0, 0.1) is 5.82 Å². The second-order valence-electron chi connectivity index (χ2n) is 4.86. The summed E-state index contributed by atoms with van der Waals surface area (Å²) >= 11 is 0. The van der Waals surface area contributed by atoms with E-state index in [2.05, 4.69) is 10.0 Å². The molecule has 0 spiro atoms. The fourth-order valence-electron chi connectivity index (χ4n) is 1.74. The first-order valence-corrected chi connectivity index (χ1v) is 8.40. The van der Waals surface area contributed by atoms with E-state index in [0.717, 1.165) is 19.0 Å². The molecule has 0 aliphatic heterocycles. The molecule has 1 aromatic rings. The van der Waals surface area contributed by atoms with Crippen molar-refractivity contribution in [3.8, 4) is 0 Å². The van der Waals surface area contributed by atoms with Crippen molar-refractivity contribution in [1.29, 1.82) is 0 Å². The Morgan fingerprint density at radius 2 is 2.00 bits per heavy atom. The Morgan fingerprint density at radius 1 is 1.30 bits per heavy atom. The third kappa shape index (κ3) is 4.85. The number of benzene rings is 1. The number of rotatable bonds is 8. The Bertz CT molecular complexity index is 532. The summed E-state index contributed by atoms with van der Waals surface area (Å²) in [7, 11) is -3.69. The topological polar surface area (TPSA) is 58.2 Å². The van der Waals surface area contributed by atoms with Crippen LogP contribution in [0.4, 0.5) is 4.39 Å². The van der Waals surface area contributed by atoms with E-state index in [0.29, 0.717) is 18.5 Å². The number of hydrogen-bond donors (Lipinski definition) is 2. The van der Waals surface area contributed by atoms with Gasteiger partial charge in [0, 0.05) is 12.6 Å². The zero-order chi connectivity index (χ0) is 15.2. The largest absolute Gasteiger partial charge is 0.313 e. The molecule has 0 saturated heterocycles. The monoisotopic (exact) mass is 302 g/mol. The zero-order valence-electron chi connectivity index (χ0n) is 12.2. The summed E-state index contributed by atoms with van der Waals surface area (Å²) in [6.07, 6.45) is 1.63. The van der Waals surface area contributed by atoms with E-state index in [4.69, 9.17) is 0 Å². The summed E-state index contributed by atoms with van der Waals surface area (Å²) in [5, 5.41) is 3.14. The van der Waals surface area contributed by atoms with Gasteiger partial charge < -0.3 is 5.32 Å². The van der Waals surface area contributed by atoms with Gasteiger partial charge in [-0.3, -0.25) is 0 Å². The number of halogens is 1. The van der Waals surface area contributed by atoms with Gasteiger partial charge in [0.25, 0.3) is 0 Å². The third-order valence-corrected chi connectivity index (χ3v) is 4.70. The first kappa shape index (κ1) is 17.1. The van der Waals surface area contributed by atoms with Crippen molar-refractivity contribution >= 4 is 10.0 Å². The maximum absolute atomic E-state index is 13.4. The minimum absolute atomic E-state index is 0.0152. The molecule has 0 aliphatic rings. The molecule has 0 heterocycles. The van der Waals surface area contributed by atoms with Gasteiger partial charge in [-0.25, -0.2) is 17.5 Å². The fourth-order valence-corrected chi connectivity index (χ4v) is 3.31. The molecular formula is C14H23FN2O2S. The van der Waals surface area contributed by atoms with Gasteiger partial charge in [-0.1, -0.05) is 19.9 Å². The summed E-state index contributed by atoms with van der Waals surface area (Å²) in [6, 6.07) is 3.70. The minimum atomic E-state index is -3.69. The standard InChI is InChI=1S/C14H23FN2O2S/c1-4-8-16-10-12-6-7-13(15)9-14(12)20(18,19)17-11(3)5-2/h6-7,9,11,16-17H,4-5,8,10H2,1-3H3. The van der Waals surface area contributed by atoms with Crippen LogP contribution in [0.15, 0.2) is 23.1 Å². The van der Waals surface area contributed by atoms with Gasteiger partial charge in [-0.2, -0.15) is 0 Å². The molecule has 114 valence electrons. The molecule has 1 aromatic carbocycles. The van der Waals surface area contributed by atoms with E-state index in [1.54, 1.807) is 6.92 Å². The molecule has 1 rings (SSSR count). The predicted molar refractivity (Wildman–Crippen MR) is 78.5 cm³/mol. The van der Waals surface area contributed by atoms with Crippen molar-refractivity contribution in [3.63, 3.8) is 0 Å². The van der Waals surface area contributed by atoms with Gasteiger partial charge in [0.05, 0.1) is 4.90 Å². The molecule has 0 fully saturated rings. The molecule has 2 N–H and O–H groups in total. The first-order chi connectivity index (χ1) is 9.40. The summed E-state index contributed by atoms with van der Waals surface area (Å²) in [5.41, 5.74) is 0.579. The Balaban J connectivity index is 3.04. The van der Waals surface area contributed by atoms with E-state index in [1.807, 2.05) is 13.8 Å². The van der Waals surface area contributed by atoms with Gasteiger partial charge in [-0.15, -0.1) is 0 Å². The van der Waals surface area contributed by atoms with E-state index in [1.165, 1.54) is 12.1 Å². The van der Waals surface area contributed by atoms with Gasteiger partial charge in [0.1, 0.15) is 5.82 Å². The van der Waals surface area contributed by atoms with Crippen molar-refractivity contribution in [2.75, 3.05) is 6.54 Å². The van der Waals surface area contributed by atoms with Crippen LogP contribution in [-0.2, 0) is 16.6 Å². The van der Waals surface area contributed by atoms with Gasteiger partial charge in [0.15, 0.2) is 0 Å². The maximum atomic E-state index is 13.4. The average molecular weight is 302 g/mol. The lowest BCUT2D eigenvalue weighted by molar-refractivity contribution is 0.550. The summed E-state index contributed by atoms with van der Waals surface area (Å²) in [6.45, 7) is 6.90. The Labute approximate surface area is 120 Å². The van der Waals surface area contributed by atoms with Crippen LogP contribution in [0.3, 0.4) is 0 Å². The number of hydrogen-bond acceptors (Lipinski definition) is 3. The maximum Gasteiger partial charge on any atom is 0.241 e. The summed E-state index contributed by atoms with van der Waals surface area (Å²) in [5.74, 6) is -0.547. The molecule has 4 nitrogen and oxygen atoms in total. The Morgan fingerprint density at radius 3 is 2.60 bits per heavy atom. The normalized spacial score (nSPS) is 13.4. The molecule has 1 atom stereocenters. The number of sulfonamides is 1. The molecular weight excluding hydrogens is 279 g/mol. The lowest BCUT2D eigenvalue weighted by Crippen LogP contribution is -2.33. The molecule has 1 unspecified atom stereocenters. The molecule has 0 saturated carbocycles. The number of nitrogens with one attached hydrogen (secondary N) is 2. The zero-order valence-corrected chi connectivity index (χ0v) is 13.1. The highest BCUT2D eigenvalue weighted by molar-refractivity contribution is 7.89. The smallest absolute Gasteiger partial charge is 0.241 e. The Kier molecular flexibility index (Phi) is 6.58. The predicted octanol–water partition coefficient (Wildman–Crippen LogP) is 2.40. The SMILES string of the molecule is CCCNCc1ccc(F)cc1S(=O)(=O)NC(C)CC. The van der Waals surface area contributed by atoms with Crippen LogP contribution in [0.25, 0.3) is 0 Å². The molecule has 0 aromatic heterocycles. The van der Waals surface area contributed by atoms with Crippen LogP contribution in [0.2, 0.25) is 0 Å². The second kappa shape index (κ2) is 7.71. The van der Waals surface area contributed by atoms with Crippen molar-refractivity contribution in [2.45, 2.75) is 51.1 Å². The quantitative estimate of drug-likeness (QED) is 0.725. The van der Waals surface area contributed by atoms with Gasteiger partial charge >= 0.3 is 0 Å². The van der Waals surface area contributed by atoms with Crippen molar-refractivity contribution < 1.29 is 12.8 Å². The molecule has 0 radical (unpaired) electrons. The molecule has 6 heteroatoms. The van der Waals surface area contributed by atoms with E-state index in [9.17, 15) is 12.8 Å². The third-order valence-electron chi connectivity index (χ3n) is 3.03. The van der Waals surface area contributed by atoms with Crippen LogP contribution in [0.5, 0.6) is 0 Å². The van der Waals surface area contributed by atoms with Crippen LogP contribution >= 0.6 is 0 Å². The highest BCUT2D eigenvalue weighted by Gasteiger charge is 2.20. The van der Waals surface area contributed by atoms with E-state index >= 15 is 0 Å². The van der Waals surface area contributed by atoms with Crippen molar-refractivity contribution in [1.82, 2.24) is 10.0 Å². The van der Waals surface area contributed by atoms with E-state index in [-0.39, 0.29) is 10.9 Å². The highest BCUT2D eigenvalue weighted by Crippen LogP contribution is 2.18. The Hall–Kier alpha value is -0.980. The van der Waals surface area contributed by atoms with E-state index < -0.39 is 15.8 Å². The van der Waals surface area contributed by atoms with Crippen LogP contribution in [-0.4, -0.2) is 21.0 Å². The summed E-state index contributed by atoms with van der Waals surface area (Å²) in [4.78, 5) is 0.0152.